The summed E-state index contributed by atoms with van der Waals surface area (Å²) in [5.74, 6) is -1.14. The Morgan fingerprint density at radius 2 is 1.48 bits per heavy atom. The summed E-state index contributed by atoms with van der Waals surface area (Å²) in [5, 5.41) is 0. The largest absolute Gasteiger partial charge is 0.461 e. The zero-order chi connectivity index (χ0) is 18.4. The summed E-state index contributed by atoms with van der Waals surface area (Å²) < 4.78 is 15.5. The van der Waals surface area contributed by atoms with E-state index in [2.05, 4.69) is 0 Å². The topological polar surface area (TPSA) is 78.9 Å². The van der Waals surface area contributed by atoms with Gasteiger partial charge in [-0.3, -0.25) is 14.4 Å². The molecule has 0 atom stereocenters. The van der Waals surface area contributed by atoms with Crippen LogP contribution >= 0.6 is 0 Å². The Kier molecular flexibility index (Phi) is 6.11. The Bertz CT molecular complexity index is 718. The summed E-state index contributed by atoms with van der Waals surface area (Å²) in [7, 11) is 0. The van der Waals surface area contributed by atoms with Crippen molar-refractivity contribution >= 4 is 23.5 Å². The van der Waals surface area contributed by atoms with Gasteiger partial charge in [-0.2, -0.15) is 0 Å². The van der Waals surface area contributed by atoms with Gasteiger partial charge in [-0.15, -0.1) is 0 Å². The molecule has 0 N–H and O–H groups in total. The quantitative estimate of drug-likeness (QED) is 0.583. The molecule has 1 aliphatic rings. The van der Waals surface area contributed by atoms with Gasteiger partial charge in [0.15, 0.2) is 0 Å². The standard InChI is InChI=1S/C19H20O6/c1-12(20)23-10-17-8-16(15-6-4-5-7-15)9-18(11-24-13(2)21)19(17)25-14(3)22/h4-6,8-9H,7,10-11H2,1-3H3. The van der Waals surface area contributed by atoms with E-state index in [4.69, 9.17) is 14.2 Å². The molecule has 2 rings (SSSR count). The second-order valence-electron chi connectivity index (χ2n) is 5.60. The Morgan fingerprint density at radius 3 is 1.88 bits per heavy atom. The molecule has 0 aliphatic heterocycles. The van der Waals surface area contributed by atoms with Crippen LogP contribution in [0.4, 0.5) is 0 Å². The Morgan fingerprint density at radius 1 is 0.920 bits per heavy atom. The molecule has 6 heteroatoms. The van der Waals surface area contributed by atoms with E-state index in [1.807, 2.05) is 30.4 Å². The maximum Gasteiger partial charge on any atom is 0.308 e. The minimum atomic E-state index is -0.511. The number of allylic oxidation sites excluding steroid dienone is 4. The predicted octanol–water partition coefficient (Wildman–Crippen LogP) is 3.08. The molecule has 0 fully saturated rings. The molecule has 1 aromatic rings. The van der Waals surface area contributed by atoms with Crippen molar-refractivity contribution in [1.29, 1.82) is 0 Å². The number of hydrogen-bond acceptors (Lipinski definition) is 6. The van der Waals surface area contributed by atoms with Crippen LogP contribution in [0.1, 0.15) is 43.9 Å². The fourth-order valence-corrected chi connectivity index (χ4v) is 2.45. The number of carbonyl (C=O) groups is 3. The number of rotatable bonds is 6. The van der Waals surface area contributed by atoms with Crippen LogP contribution in [-0.2, 0) is 37.1 Å². The molecule has 25 heavy (non-hydrogen) atoms. The van der Waals surface area contributed by atoms with Gasteiger partial charge in [0, 0.05) is 31.9 Å². The fourth-order valence-electron chi connectivity index (χ4n) is 2.45. The molecule has 0 aromatic heterocycles. The van der Waals surface area contributed by atoms with Crippen LogP contribution in [0.5, 0.6) is 5.75 Å². The van der Waals surface area contributed by atoms with E-state index in [1.165, 1.54) is 20.8 Å². The molecule has 0 amide bonds. The normalized spacial score (nSPS) is 12.5. The smallest absolute Gasteiger partial charge is 0.308 e. The van der Waals surface area contributed by atoms with Crippen molar-refractivity contribution in [3.8, 4) is 5.75 Å². The second-order valence-corrected chi connectivity index (χ2v) is 5.60. The van der Waals surface area contributed by atoms with Gasteiger partial charge in [-0.1, -0.05) is 18.2 Å². The SMILES string of the molecule is CC(=O)OCc1cc(C2=CC=CC2)cc(COC(C)=O)c1OC(C)=O. The Hall–Kier alpha value is -2.89. The second kappa shape index (κ2) is 8.28. The van der Waals surface area contributed by atoms with Crippen LogP contribution in [-0.4, -0.2) is 17.9 Å². The molecule has 1 aliphatic carbocycles. The molecule has 6 nitrogen and oxygen atoms in total. The van der Waals surface area contributed by atoms with Gasteiger partial charge in [0.2, 0.25) is 0 Å². The highest BCUT2D eigenvalue weighted by molar-refractivity contribution is 5.75. The zero-order valence-electron chi connectivity index (χ0n) is 14.5. The number of hydrogen-bond donors (Lipinski definition) is 0. The van der Waals surface area contributed by atoms with Crippen LogP contribution in [0, 0.1) is 0 Å². The van der Waals surface area contributed by atoms with Crippen LogP contribution < -0.4 is 4.74 Å². The lowest BCUT2D eigenvalue weighted by atomic mass is 9.98. The van der Waals surface area contributed by atoms with Crippen molar-refractivity contribution in [2.24, 2.45) is 0 Å². The lowest BCUT2D eigenvalue weighted by molar-refractivity contribution is -0.142. The van der Waals surface area contributed by atoms with E-state index in [9.17, 15) is 14.4 Å². The highest BCUT2D eigenvalue weighted by Crippen LogP contribution is 2.33. The summed E-state index contributed by atoms with van der Waals surface area (Å²) in [4.78, 5) is 33.8. The van der Waals surface area contributed by atoms with E-state index in [-0.39, 0.29) is 19.0 Å². The number of carbonyl (C=O) groups excluding carboxylic acids is 3. The van der Waals surface area contributed by atoms with Crippen molar-refractivity contribution in [2.45, 2.75) is 40.4 Å². The zero-order valence-corrected chi connectivity index (χ0v) is 14.5. The van der Waals surface area contributed by atoms with E-state index >= 15 is 0 Å². The van der Waals surface area contributed by atoms with Crippen molar-refractivity contribution in [1.82, 2.24) is 0 Å². The van der Waals surface area contributed by atoms with E-state index in [1.54, 1.807) is 0 Å². The van der Waals surface area contributed by atoms with Crippen molar-refractivity contribution in [3.63, 3.8) is 0 Å². The third kappa shape index (κ3) is 5.31. The highest BCUT2D eigenvalue weighted by Gasteiger charge is 2.18. The van der Waals surface area contributed by atoms with E-state index in [0.717, 1.165) is 17.6 Å². The number of esters is 3. The molecule has 0 radical (unpaired) electrons. The van der Waals surface area contributed by atoms with Gasteiger partial charge < -0.3 is 14.2 Å². The maximum atomic E-state index is 11.5. The maximum absolute atomic E-state index is 11.5. The van der Waals surface area contributed by atoms with Gasteiger partial charge >= 0.3 is 17.9 Å². The van der Waals surface area contributed by atoms with Crippen LogP contribution in [0.25, 0.3) is 5.57 Å². The molecule has 0 saturated heterocycles. The Balaban J connectivity index is 2.47. The molecule has 1 aromatic carbocycles. The third-order valence-electron chi connectivity index (χ3n) is 3.49. The van der Waals surface area contributed by atoms with Crippen LogP contribution in [0.15, 0.2) is 30.4 Å². The average Bonchev–Trinajstić information content (AvgIpc) is 3.06. The van der Waals surface area contributed by atoms with Gasteiger partial charge in [-0.25, -0.2) is 0 Å². The molecule has 132 valence electrons. The van der Waals surface area contributed by atoms with Crippen molar-refractivity contribution in [3.05, 3.63) is 47.1 Å². The first-order valence-electron chi connectivity index (χ1n) is 7.84. The molecular formula is C19H20O6. The Labute approximate surface area is 146 Å². The van der Waals surface area contributed by atoms with Crippen LogP contribution in [0.3, 0.4) is 0 Å². The van der Waals surface area contributed by atoms with Gasteiger partial charge in [0.25, 0.3) is 0 Å². The van der Waals surface area contributed by atoms with Crippen molar-refractivity contribution in [2.75, 3.05) is 0 Å². The van der Waals surface area contributed by atoms with Gasteiger partial charge in [0.1, 0.15) is 19.0 Å². The lowest BCUT2D eigenvalue weighted by Gasteiger charge is -2.17. The highest BCUT2D eigenvalue weighted by atomic mass is 16.6. The minimum Gasteiger partial charge on any atom is -0.461 e. The number of benzene rings is 1. The first-order chi connectivity index (χ1) is 11.9. The first-order valence-corrected chi connectivity index (χ1v) is 7.84. The number of ether oxygens (including phenoxy) is 3. The molecule has 0 saturated carbocycles. The molecule has 0 heterocycles. The first kappa shape index (κ1) is 18.4. The molecule has 0 unspecified atom stereocenters. The van der Waals surface area contributed by atoms with Gasteiger partial charge in [0.05, 0.1) is 0 Å². The monoisotopic (exact) mass is 344 g/mol. The average molecular weight is 344 g/mol. The summed E-state index contributed by atoms with van der Waals surface area (Å²) in [6.45, 7) is 3.80. The summed E-state index contributed by atoms with van der Waals surface area (Å²) in [6.07, 6.45) is 6.72. The summed E-state index contributed by atoms with van der Waals surface area (Å²) in [6, 6.07) is 3.63. The van der Waals surface area contributed by atoms with Gasteiger partial charge in [-0.05, 0) is 29.7 Å². The van der Waals surface area contributed by atoms with E-state index in [0.29, 0.717) is 11.1 Å². The summed E-state index contributed by atoms with van der Waals surface area (Å²) in [5.41, 5.74) is 3.04. The molecular weight excluding hydrogens is 324 g/mol. The minimum absolute atomic E-state index is 0.0421. The van der Waals surface area contributed by atoms with Crippen LogP contribution in [0.2, 0.25) is 0 Å². The van der Waals surface area contributed by atoms with Crippen molar-refractivity contribution < 1.29 is 28.6 Å². The molecule has 0 spiro atoms. The summed E-state index contributed by atoms with van der Waals surface area (Å²) >= 11 is 0. The fraction of sp³-hybridized carbons (Fsp3) is 0.316. The predicted molar refractivity (Wildman–Crippen MR) is 90.4 cm³/mol. The molecule has 0 bridgehead atoms. The van der Waals surface area contributed by atoms with E-state index < -0.39 is 17.9 Å². The third-order valence-corrected chi connectivity index (χ3v) is 3.49. The lowest BCUT2D eigenvalue weighted by Crippen LogP contribution is -2.11.